The Morgan fingerprint density at radius 1 is 1.06 bits per heavy atom. The van der Waals surface area contributed by atoms with Crippen molar-refractivity contribution in [2.24, 2.45) is 5.41 Å². The van der Waals surface area contributed by atoms with E-state index in [9.17, 15) is 14.3 Å². The molecule has 2 aliphatic rings. The number of benzene rings is 2. The van der Waals surface area contributed by atoms with Crippen molar-refractivity contribution in [3.05, 3.63) is 89.3 Å². The molecule has 0 bridgehead atoms. The van der Waals surface area contributed by atoms with Crippen molar-refractivity contribution in [2.45, 2.75) is 64.1 Å². The number of hydrogen-bond donors (Lipinski definition) is 1. The highest BCUT2D eigenvalue weighted by Crippen LogP contribution is 2.47. The Balaban J connectivity index is 1.76. The number of aliphatic hydroxyl groups is 1. The maximum absolute atomic E-state index is 13.7. The summed E-state index contributed by atoms with van der Waals surface area (Å²) >= 11 is 0. The minimum absolute atomic E-state index is 0.0537. The lowest BCUT2D eigenvalue weighted by molar-refractivity contribution is -0.156. The van der Waals surface area contributed by atoms with E-state index < -0.39 is 12.2 Å². The third-order valence-corrected chi connectivity index (χ3v) is 6.75. The number of hydrogen-bond acceptors (Lipinski definition) is 3. The minimum Gasteiger partial charge on any atom is -0.458 e. The van der Waals surface area contributed by atoms with Crippen LogP contribution in [0.2, 0.25) is 0 Å². The molecule has 32 heavy (non-hydrogen) atoms. The molecule has 1 fully saturated rings. The molecule has 1 N–H and O–H groups in total. The summed E-state index contributed by atoms with van der Waals surface area (Å²) in [4.78, 5) is 11.8. The first-order valence-corrected chi connectivity index (χ1v) is 11.4. The van der Waals surface area contributed by atoms with E-state index in [1.807, 2.05) is 24.3 Å². The zero-order valence-corrected chi connectivity index (χ0v) is 18.8. The smallest absolute Gasteiger partial charge is 0.309 e. The highest BCUT2D eigenvalue weighted by atomic mass is 19.1. The van der Waals surface area contributed by atoms with Gasteiger partial charge in [0.15, 0.2) is 0 Å². The topological polar surface area (TPSA) is 46.5 Å². The van der Waals surface area contributed by atoms with Gasteiger partial charge in [0.2, 0.25) is 0 Å². The van der Waals surface area contributed by atoms with Crippen molar-refractivity contribution in [2.75, 3.05) is 0 Å². The predicted octanol–water partition coefficient (Wildman–Crippen LogP) is 6.20. The van der Waals surface area contributed by atoms with Crippen LogP contribution in [0.4, 0.5) is 4.39 Å². The molecule has 1 aliphatic carbocycles. The van der Waals surface area contributed by atoms with Gasteiger partial charge in [-0.3, -0.25) is 4.79 Å². The molecule has 3 atom stereocenters. The molecule has 1 aliphatic heterocycles. The van der Waals surface area contributed by atoms with Crippen LogP contribution in [0.3, 0.4) is 0 Å². The fourth-order valence-corrected chi connectivity index (χ4v) is 4.93. The Bertz CT molecular complexity index is 1000. The number of carbonyl (C=O) groups excluding carboxylic acids is 1. The van der Waals surface area contributed by atoms with Crippen LogP contribution in [0, 0.1) is 11.2 Å². The number of halogens is 1. The molecule has 2 aromatic carbocycles. The lowest BCUT2D eigenvalue weighted by Crippen LogP contribution is -2.31. The number of carbonyl (C=O) groups is 1. The number of aliphatic hydroxyl groups excluding tert-OH is 1. The number of rotatable bonds is 4. The minimum atomic E-state index is -0.666. The molecule has 168 valence electrons. The summed E-state index contributed by atoms with van der Waals surface area (Å²) in [5.41, 5.74) is 4.60. The van der Waals surface area contributed by atoms with E-state index in [0.717, 1.165) is 24.8 Å². The molecule has 0 radical (unpaired) electrons. The van der Waals surface area contributed by atoms with Gasteiger partial charge in [-0.15, -0.1) is 0 Å². The van der Waals surface area contributed by atoms with E-state index in [4.69, 9.17) is 4.74 Å². The van der Waals surface area contributed by atoms with E-state index in [1.54, 1.807) is 0 Å². The second-order valence-electron chi connectivity index (χ2n) is 9.61. The third-order valence-electron chi connectivity index (χ3n) is 6.75. The quantitative estimate of drug-likeness (QED) is 0.583. The molecular formula is C28H31FO3. The molecule has 1 unspecified atom stereocenters. The summed E-state index contributed by atoms with van der Waals surface area (Å²) < 4.78 is 19.1. The first-order valence-electron chi connectivity index (χ1n) is 11.4. The normalized spacial score (nSPS) is 26.1. The largest absolute Gasteiger partial charge is 0.458 e. The average molecular weight is 435 g/mol. The van der Waals surface area contributed by atoms with Crippen molar-refractivity contribution >= 4 is 11.5 Å². The third kappa shape index (κ3) is 5.18. The Labute approximate surface area is 189 Å². The van der Waals surface area contributed by atoms with Crippen LogP contribution in [0.1, 0.15) is 63.0 Å². The van der Waals surface area contributed by atoms with Crippen LogP contribution < -0.4 is 0 Å². The van der Waals surface area contributed by atoms with E-state index >= 15 is 0 Å². The second kappa shape index (κ2) is 9.41. The summed E-state index contributed by atoms with van der Waals surface area (Å²) in [6, 6.07) is 17.3. The van der Waals surface area contributed by atoms with Gasteiger partial charge >= 0.3 is 5.97 Å². The molecule has 1 heterocycles. The number of cyclic esters (lactones) is 1. The first-order chi connectivity index (χ1) is 15.3. The van der Waals surface area contributed by atoms with Gasteiger partial charge in [-0.25, -0.2) is 4.39 Å². The standard InChI is InChI=1S/C28H31FO3/c1-28(2)15-14-21(19-6-4-3-5-7-19)16-25(20-8-10-22(29)11-9-20)26(28)13-12-24-17-23(30)18-27(31)32-24/h3-13,21,23-24,30H,14-18H2,1-2H3/t21?,23-,24-/m0/s1. The van der Waals surface area contributed by atoms with Crippen molar-refractivity contribution in [3.8, 4) is 0 Å². The van der Waals surface area contributed by atoms with Gasteiger partial charge < -0.3 is 9.84 Å². The summed E-state index contributed by atoms with van der Waals surface area (Å²) in [5, 5.41) is 9.97. The number of esters is 1. The van der Waals surface area contributed by atoms with E-state index in [-0.39, 0.29) is 23.6 Å². The van der Waals surface area contributed by atoms with Crippen LogP contribution in [0.25, 0.3) is 5.57 Å². The molecule has 1 saturated heterocycles. The monoisotopic (exact) mass is 434 g/mol. The molecule has 0 aromatic heterocycles. The summed E-state index contributed by atoms with van der Waals surface area (Å²) in [7, 11) is 0. The van der Waals surface area contributed by atoms with Crippen LogP contribution in [-0.2, 0) is 9.53 Å². The van der Waals surface area contributed by atoms with Gasteiger partial charge in [0.1, 0.15) is 11.9 Å². The number of ether oxygens (including phenoxy) is 1. The van der Waals surface area contributed by atoms with Crippen LogP contribution in [0.15, 0.2) is 72.3 Å². The highest BCUT2D eigenvalue weighted by molar-refractivity contribution is 5.74. The summed E-state index contributed by atoms with van der Waals surface area (Å²) in [5.74, 6) is -0.242. The van der Waals surface area contributed by atoms with Gasteiger partial charge in [-0.05, 0) is 71.1 Å². The summed E-state index contributed by atoms with van der Waals surface area (Å²) in [6.45, 7) is 4.48. The molecule has 0 saturated carbocycles. The fourth-order valence-electron chi connectivity index (χ4n) is 4.93. The van der Waals surface area contributed by atoms with Crippen LogP contribution >= 0.6 is 0 Å². The van der Waals surface area contributed by atoms with Gasteiger partial charge in [-0.1, -0.05) is 62.4 Å². The highest BCUT2D eigenvalue weighted by Gasteiger charge is 2.32. The first kappa shape index (κ1) is 22.5. The van der Waals surface area contributed by atoms with E-state index in [1.165, 1.54) is 28.8 Å². The Morgan fingerprint density at radius 2 is 1.78 bits per heavy atom. The molecule has 0 spiro atoms. The zero-order chi connectivity index (χ0) is 22.7. The fraction of sp³-hybridized carbons (Fsp3) is 0.393. The van der Waals surface area contributed by atoms with Gasteiger partial charge in [0, 0.05) is 6.42 Å². The lowest BCUT2D eigenvalue weighted by Gasteiger charge is -2.28. The zero-order valence-electron chi connectivity index (χ0n) is 18.8. The molecule has 0 amide bonds. The Hall–Kier alpha value is -2.72. The summed E-state index contributed by atoms with van der Waals surface area (Å²) in [6.07, 6.45) is 6.25. The van der Waals surface area contributed by atoms with Crippen molar-refractivity contribution in [1.29, 1.82) is 0 Å². The molecule has 3 nitrogen and oxygen atoms in total. The second-order valence-corrected chi connectivity index (χ2v) is 9.61. The average Bonchev–Trinajstić information content (AvgIpc) is 2.88. The molecule has 2 aromatic rings. The SMILES string of the molecule is CC1(C)CCC(c2ccccc2)CC(c2ccc(F)cc2)=C1C=C[C@H]1C[C@H](O)CC(=O)O1. The number of allylic oxidation sites excluding steroid dienone is 3. The van der Waals surface area contributed by atoms with Crippen molar-refractivity contribution in [1.82, 2.24) is 0 Å². The van der Waals surface area contributed by atoms with E-state index in [2.05, 4.69) is 44.2 Å². The van der Waals surface area contributed by atoms with Crippen molar-refractivity contribution in [3.63, 3.8) is 0 Å². The Morgan fingerprint density at radius 3 is 2.47 bits per heavy atom. The van der Waals surface area contributed by atoms with E-state index in [0.29, 0.717) is 12.3 Å². The molecule has 4 heteroatoms. The molecular weight excluding hydrogens is 403 g/mol. The van der Waals surface area contributed by atoms with Crippen LogP contribution in [0.5, 0.6) is 0 Å². The van der Waals surface area contributed by atoms with Gasteiger partial charge in [0.05, 0.1) is 12.5 Å². The van der Waals surface area contributed by atoms with Crippen LogP contribution in [-0.4, -0.2) is 23.3 Å². The van der Waals surface area contributed by atoms with Crippen molar-refractivity contribution < 1.29 is 19.0 Å². The molecule has 4 rings (SSSR count). The van der Waals surface area contributed by atoms with Gasteiger partial charge in [0.25, 0.3) is 0 Å². The Kier molecular flexibility index (Phi) is 6.61. The lowest BCUT2D eigenvalue weighted by atomic mass is 9.77. The maximum atomic E-state index is 13.7. The van der Waals surface area contributed by atoms with Gasteiger partial charge in [-0.2, -0.15) is 0 Å². The maximum Gasteiger partial charge on any atom is 0.309 e. The predicted molar refractivity (Wildman–Crippen MR) is 124 cm³/mol.